The van der Waals surface area contributed by atoms with Crippen LogP contribution in [0.1, 0.15) is 15.9 Å². The van der Waals surface area contributed by atoms with Gasteiger partial charge in [0.1, 0.15) is 0 Å². The molecule has 13 heteroatoms. The molecule has 0 aliphatic carbocycles. The number of anilines is 2. The van der Waals surface area contributed by atoms with E-state index in [9.17, 15) is 26.4 Å². The maximum Gasteiger partial charge on any atom is 0.416 e. The van der Waals surface area contributed by atoms with Crippen LogP contribution < -0.4 is 15.6 Å². The second-order valence-electron chi connectivity index (χ2n) is 7.62. The lowest BCUT2D eigenvalue weighted by Crippen LogP contribution is -2.40. The van der Waals surface area contributed by atoms with Crippen molar-refractivity contribution in [3.05, 3.63) is 90.0 Å². The van der Waals surface area contributed by atoms with Crippen LogP contribution >= 0.6 is 0 Å². The van der Waals surface area contributed by atoms with Gasteiger partial charge in [0.2, 0.25) is 16.0 Å². The van der Waals surface area contributed by atoms with E-state index in [1.807, 2.05) is 4.83 Å². The van der Waals surface area contributed by atoms with Crippen LogP contribution in [0.25, 0.3) is 17.1 Å². The summed E-state index contributed by atoms with van der Waals surface area (Å²) in [7, 11) is -3.61. The molecule has 3 N–H and O–H groups in total. The van der Waals surface area contributed by atoms with E-state index in [4.69, 9.17) is 0 Å². The third-order valence-electron chi connectivity index (χ3n) is 4.81. The van der Waals surface area contributed by atoms with E-state index >= 15 is 0 Å². The van der Waals surface area contributed by atoms with Gasteiger partial charge in [-0.05, 0) is 42.5 Å². The maximum absolute atomic E-state index is 13.3. The first-order valence-electron chi connectivity index (χ1n) is 10.3. The standard InChI is InChI=1S/C23H19F3N6O3S/c1-36(34,35)31-29-21(33)16-10-12-18(13-11-16)27-22-28-20(15-6-3-2-4-7-15)32(30-22)19-9-5-8-17(14-19)23(24,25)26/h2-14,31H,1H3,(H,27,30)(H,29,33). The molecule has 0 bridgehead atoms. The number of alkyl halides is 3. The summed E-state index contributed by atoms with van der Waals surface area (Å²) in [5.41, 5.74) is 2.74. The highest BCUT2D eigenvalue weighted by molar-refractivity contribution is 7.88. The summed E-state index contributed by atoms with van der Waals surface area (Å²) >= 11 is 0. The molecule has 4 rings (SSSR count). The van der Waals surface area contributed by atoms with Gasteiger partial charge in [-0.1, -0.05) is 36.4 Å². The summed E-state index contributed by atoms with van der Waals surface area (Å²) in [6, 6.07) is 19.6. The summed E-state index contributed by atoms with van der Waals surface area (Å²) in [6.45, 7) is 0. The van der Waals surface area contributed by atoms with E-state index in [0.717, 1.165) is 18.4 Å². The fraction of sp³-hybridized carbons (Fsp3) is 0.0870. The lowest BCUT2D eigenvalue weighted by atomic mass is 10.2. The van der Waals surface area contributed by atoms with Gasteiger partial charge in [-0.2, -0.15) is 18.2 Å². The zero-order valence-electron chi connectivity index (χ0n) is 18.6. The quantitative estimate of drug-likeness (QED) is 0.321. The van der Waals surface area contributed by atoms with Gasteiger partial charge in [0.25, 0.3) is 5.91 Å². The minimum absolute atomic E-state index is 0.113. The van der Waals surface area contributed by atoms with E-state index < -0.39 is 27.7 Å². The molecule has 1 heterocycles. The monoisotopic (exact) mass is 516 g/mol. The number of nitrogens with zero attached hydrogens (tertiary/aromatic N) is 3. The number of hydrogen-bond acceptors (Lipinski definition) is 6. The van der Waals surface area contributed by atoms with Crippen LogP contribution in [0.3, 0.4) is 0 Å². The molecule has 186 valence electrons. The Balaban J connectivity index is 1.63. The number of hydrazine groups is 1. The first kappa shape index (κ1) is 24.9. The molecule has 1 aromatic heterocycles. The van der Waals surface area contributed by atoms with Crippen LogP contribution in [0.2, 0.25) is 0 Å². The van der Waals surface area contributed by atoms with E-state index in [1.54, 1.807) is 42.5 Å². The molecule has 0 aliphatic rings. The number of rotatable bonds is 7. The predicted molar refractivity (Wildman–Crippen MR) is 127 cm³/mol. The molecule has 0 radical (unpaired) electrons. The Morgan fingerprint density at radius 3 is 2.28 bits per heavy atom. The maximum atomic E-state index is 13.3. The van der Waals surface area contributed by atoms with Crippen molar-refractivity contribution in [2.45, 2.75) is 6.18 Å². The average molecular weight is 517 g/mol. The third kappa shape index (κ3) is 6.06. The minimum atomic E-state index is -4.52. The summed E-state index contributed by atoms with van der Waals surface area (Å²) < 4.78 is 63.4. The van der Waals surface area contributed by atoms with Crippen molar-refractivity contribution in [3.63, 3.8) is 0 Å². The Hall–Kier alpha value is -4.23. The van der Waals surface area contributed by atoms with Crippen molar-refractivity contribution >= 4 is 27.6 Å². The molecule has 0 unspecified atom stereocenters. The molecule has 9 nitrogen and oxygen atoms in total. The van der Waals surface area contributed by atoms with E-state index in [2.05, 4.69) is 20.8 Å². The first-order valence-corrected chi connectivity index (χ1v) is 12.2. The largest absolute Gasteiger partial charge is 0.416 e. The number of carbonyl (C=O) groups is 1. The van der Waals surface area contributed by atoms with Gasteiger partial charge >= 0.3 is 6.18 Å². The first-order chi connectivity index (χ1) is 17.0. The zero-order chi connectivity index (χ0) is 25.9. The molecule has 0 atom stereocenters. The van der Waals surface area contributed by atoms with Crippen molar-refractivity contribution < 1.29 is 26.4 Å². The lowest BCUT2D eigenvalue weighted by Gasteiger charge is -2.10. The topological polar surface area (TPSA) is 118 Å². The number of halogens is 3. The number of aromatic nitrogens is 3. The fourth-order valence-corrected chi connectivity index (χ4v) is 3.46. The summed E-state index contributed by atoms with van der Waals surface area (Å²) in [5.74, 6) is -0.229. The molecule has 0 spiro atoms. The Bertz CT molecular complexity index is 1490. The van der Waals surface area contributed by atoms with Gasteiger partial charge in [-0.15, -0.1) is 9.93 Å². The SMILES string of the molecule is CS(=O)(=O)NNC(=O)c1ccc(Nc2nc(-c3ccccc3)n(-c3cccc(C(F)(F)F)c3)n2)cc1. The van der Waals surface area contributed by atoms with Gasteiger partial charge in [0, 0.05) is 16.8 Å². The number of sulfonamides is 1. The number of hydrogen-bond donors (Lipinski definition) is 3. The van der Waals surface area contributed by atoms with Crippen LogP contribution in [-0.4, -0.2) is 35.3 Å². The highest BCUT2D eigenvalue weighted by Gasteiger charge is 2.31. The molecule has 0 aliphatic heterocycles. The van der Waals surface area contributed by atoms with Crippen molar-refractivity contribution in [1.82, 2.24) is 25.0 Å². The van der Waals surface area contributed by atoms with Crippen LogP contribution in [0.15, 0.2) is 78.9 Å². The van der Waals surface area contributed by atoms with Crippen LogP contribution in [0, 0.1) is 0 Å². The molecule has 0 saturated heterocycles. The summed E-state index contributed by atoms with van der Waals surface area (Å²) in [4.78, 5) is 18.4. The number of nitrogens with one attached hydrogen (secondary N) is 3. The van der Waals surface area contributed by atoms with Gasteiger partial charge in [-0.3, -0.25) is 10.2 Å². The summed E-state index contributed by atoms with van der Waals surface area (Å²) in [6.07, 6.45) is -3.62. The van der Waals surface area contributed by atoms with Crippen LogP contribution in [-0.2, 0) is 16.2 Å². The Kier molecular flexibility index (Phi) is 6.77. The average Bonchev–Trinajstić information content (AvgIpc) is 3.26. The third-order valence-corrected chi connectivity index (χ3v) is 5.28. The highest BCUT2D eigenvalue weighted by Crippen LogP contribution is 2.31. The molecular formula is C23H19F3N6O3S. The molecule has 1 amide bonds. The Labute approximate surface area is 204 Å². The molecule has 3 aromatic carbocycles. The van der Waals surface area contributed by atoms with E-state index in [1.165, 1.54) is 28.9 Å². The molecule has 4 aromatic rings. The van der Waals surface area contributed by atoms with Gasteiger partial charge in [-0.25, -0.2) is 13.1 Å². The number of amides is 1. The molecule has 0 saturated carbocycles. The normalized spacial score (nSPS) is 11.8. The number of carbonyl (C=O) groups excluding carboxylic acids is 1. The molecule has 36 heavy (non-hydrogen) atoms. The molecular weight excluding hydrogens is 497 g/mol. The zero-order valence-corrected chi connectivity index (χ0v) is 19.4. The van der Waals surface area contributed by atoms with E-state index in [0.29, 0.717) is 17.1 Å². The van der Waals surface area contributed by atoms with E-state index in [-0.39, 0.29) is 17.2 Å². The Morgan fingerprint density at radius 2 is 1.64 bits per heavy atom. The van der Waals surface area contributed by atoms with Crippen LogP contribution in [0.4, 0.5) is 24.8 Å². The Morgan fingerprint density at radius 1 is 0.944 bits per heavy atom. The minimum Gasteiger partial charge on any atom is -0.323 e. The van der Waals surface area contributed by atoms with Crippen LogP contribution in [0.5, 0.6) is 0 Å². The van der Waals surface area contributed by atoms with Gasteiger partial charge < -0.3 is 5.32 Å². The highest BCUT2D eigenvalue weighted by atomic mass is 32.2. The van der Waals surface area contributed by atoms with Gasteiger partial charge in [0.15, 0.2) is 5.82 Å². The summed E-state index contributed by atoms with van der Waals surface area (Å²) in [5, 5.41) is 7.32. The lowest BCUT2D eigenvalue weighted by molar-refractivity contribution is -0.137. The van der Waals surface area contributed by atoms with Crippen molar-refractivity contribution in [2.24, 2.45) is 0 Å². The van der Waals surface area contributed by atoms with Crippen molar-refractivity contribution in [1.29, 1.82) is 0 Å². The van der Waals surface area contributed by atoms with Crippen molar-refractivity contribution in [2.75, 3.05) is 11.6 Å². The molecule has 0 fully saturated rings. The number of benzene rings is 3. The van der Waals surface area contributed by atoms with Crippen molar-refractivity contribution in [3.8, 4) is 17.1 Å². The van der Waals surface area contributed by atoms with Gasteiger partial charge in [0.05, 0.1) is 17.5 Å². The predicted octanol–water partition coefficient (Wildman–Crippen LogP) is 3.89. The second-order valence-corrected chi connectivity index (χ2v) is 9.36. The smallest absolute Gasteiger partial charge is 0.323 e. The fourth-order valence-electron chi connectivity index (χ4n) is 3.18. The second kappa shape index (κ2) is 9.79.